The molecular formula is C22H25N3OS. The van der Waals surface area contributed by atoms with Crippen molar-refractivity contribution in [1.29, 1.82) is 0 Å². The smallest absolute Gasteiger partial charge is 0.239 e. The molecular weight excluding hydrogens is 354 g/mol. The molecule has 1 saturated heterocycles. The summed E-state index contributed by atoms with van der Waals surface area (Å²) in [5, 5.41) is 2.03. The molecule has 0 bridgehead atoms. The number of aromatic nitrogens is 1. The Labute approximate surface area is 164 Å². The first kappa shape index (κ1) is 17.2. The first-order chi connectivity index (χ1) is 13.3. The summed E-state index contributed by atoms with van der Waals surface area (Å²) in [7, 11) is 0. The van der Waals surface area contributed by atoms with Gasteiger partial charge in [-0.1, -0.05) is 49.2 Å². The number of rotatable bonds is 2. The van der Waals surface area contributed by atoms with Gasteiger partial charge in [0, 0.05) is 22.7 Å². The van der Waals surface area contributed by atoms with Gasteiger partial charge in [0.15, 0.2) is 5.17 Å². The van der Waals surface area contributed by atoms with Gasteiger partial charge in [0.2, 0.25) is 5.91 Å². The molecule has 140 valence electrons. The van der Waals surface area contributed by atoms with E-state index in [1.807, 2.05) is 11.0 Å². The van der Waals surface area contributed by atoms with Gasteiger partial charge >= 0.3 is 0 Å². The fourth-order valence-corrected chi connectivity index (χ4v) is 5.67. The molecule has 1 amide bonds. The lowest BCUT2D eigenvalue weighted by Gasteiger charge is -2.30. The van der Waals surface area contributed by atoms with Gasteiger partial charge in [-0.3, -0.25) is 14.7 Å². The van der Waals surface area contributed by atoms with E-state index in [0.29, 0.717) is 11.8 Å². The van der Waals surface area contributed by atoms with Crippen LogP contribution >= 0.6 is 11.8 Å². The second-order valence-electron chi connectivity index (χ2n) is 7.85. The molecule has 1 saturated carbocycles. The number of aryl methyl sites for hydroxylation is 1. The summed E-state index contributed by atoms with van der Waals surface area (Å²) in [6, 6.07) is 8.66. The van der Waals surface area contributed by atoms with Crippen molar-refractivity contribution in [2.75, 3.05) is 5.75 Å². The maximum absolute atomic E-state index is 12.6. The lowest BCUT2D eigenvalue weighted by molar-refractivity contribution is -0.126. The molecule has 2 aliphatic carbocycles. The van der Waals surface area contributed by atoms with Crippen LogP contribution in [0.25, 0.3) is 10.9 Å². The SMILES string of the molecule is O=C1CSC(=Nc2c3c(nc4ccccc24)CCCC3)N1C1CCCCC1. The van der Waals surface area contributed by atoms with Crippen LogP contribution in [0.2, 0.25) is 0 Å². The van der Waals surface area contributed by atoms with Crippen molar-refractivity contribution in [3.63, 3.8) is 0 Å². The molecule has 2 fully saturated rings. The van der Waals surface area contributed by atoms with E-state index in [1.54, 1.807) is 11.8 Å². The Morgan fingerprint density at radius 1 is 1.04 bits per heavy atom. The summed E-state index contributed by atoms with van der Waals surface area (Å²) in [4.78, 5) is 24.7. The fraction of sp³-hybridized carbons (Fsp3) is 0.500. The topological polar surface area (TPSA) is 45.6 Å². The zero-order valence-corrected chi connectivity index (χ0v) is 16.4. The van der Waals surface area contributed by atoms with Crippen LogP contribution in [0.5, 0.6) is 0 Å². The van der Waals surface area contributed by atoms with E-state index in [1.165, 1.54) is 43.4 Å². The van der Waals surface area contributed by atoms with Gasteiger partial charge in [-0.15, -0.1) is 0 Å². The Morgan fingerprint density at radius 3 is 2.74 bits per heavy atom. The molecule has 5 heteroatoms. The Bertz CT molecular complexity index is 917. The molecule has 3 aliphatic rings. The fourth-order valence-electron chi connectivity index (χ4n) is 4.73. The highest BCUT2D eigenvalue weighted by atomic mass is 32.2. The molecule has 27 heavy (non-hydrogen) atoms. The highest BCUT2D eigenvalue weighted by molar-refractivity contribution is 8.15. The van der Waals surface area contributed by atoms with Crippen molar-refractivity contribution < 1.29 is 4.79 Å². The second kappa shape index (κ2) is 7.27. The molecule has 4 nitrogen and oxygen atoms in total. The minimum Gasteiger partial charge on any atom is -0.287 e. The Balaban J connectivity index is 1.63. The highest BCUT2D eigenvalue weighted by Crippen LogP contribution is 2.38. The number of carbonyl (C=O) groups excluding carboxylic acids is 1. The lowest BCUT2D eigenvalue weighted by Crippen LogP contribution is -2.40. The van der Waals surface area contributed by atoms with Gasteiger partial charge < -0.3 is 0 Å². The van der Waals surface area contributed by atoms with Crippen LogP contribution in [-0.4, -0.2) is 32.8 Å². The zero-order valence-electron chi connectivity index (χ0n) is 15.6. The molecule has 0 N–H and O–H groups in total. The number of nitrogens with zero attached hydrogens (tertiary/aromatic N) is 3. The third-order valence-corrected chi connectivity index (χ3v) is 7.02. The number of fused-ring (bicyclic) bond motifs is 2. The Kier molecular flexibility index (Phi) is 4.64. The summed E-state index contributed by atoms with van der Waals surface area (Å²) in [6.07, 6.45) is 10.4. The predicted molar refractivity (Wildman–Crippen MR) is 112 cm³/mol. The van der Waals surface area contributed by atoms with Crippen LogP contribution in [0.4, 0.5) is 5.69 Å². The molecule has 0 radical (unpaired) electrons. The third kappa shape index (κ3) is 3.16. The number of thioether (sulfide) groups is 1. The number of amides is 1. The zero-order chi connectivity index (χ0) is 18.2. The molecule has 2 heterocycles. The Hall–Kier alpha value is -1.88. The third-order valence-electron chi connectivity index (χ3n) is 6.09. The average Bonchev–Trinajstić information content (AvgIpc) is 3.08. The average molecular weight is 380 g/mol. The summed E-state index contributed by atoms with van der Waals surface area (Å²) in [5.74, 6) is 0.762. The van der Waals surface area contributed by atoms with Crippen molar-refractivity contribution in [2.24, 2.45) is 4.99 Å². The van der Waals surface area contributed by atoms with Crippen molar-refractivity contribution in [3.05, 3.63) is 35.5 Å². The van der Waals surface area contributed by atoms with E-state index in [2.05, 4.69) is 18.2 Å². The quantitative estimate of drug-likeness (QED) is 0.737. The van der Waals surface area contributed by atoms with Crippen molar-refractivity contribution >= 4 is 39.4 Å². The number of para-hydroxylation sites is 1. The molecule has 5 rings (SSSR count). The maximum atomic E-state index is 12.6. The number of carbonyl (C=O) groups is 1. The first-order valence-electron chi connectivity index (χ1n) is 10.3. The van der Waals surface area contributed by atoms with E-state index < -0.39 is 0 Å². The summed E-state index contributed by atoms with van der Waals surface area (Å²) >= 11 is 1.61. The minimum atomic E-state index is 0.234. The monoisotopic (exact) mass is 379 g/mol. The maximum Gasteiger partial charge on any atom is 0.239 e. The number of hydrogen-bond donors (Lipinski definition) is 0. The van der Waals surface area contributed by atoms with Crippen molar-refractivity contribution in [3.8, 4) is 0 Å². The summed E-state index contributed by atoms with van der Waals surface area (Å²) in [5.41, 5.74) is 4.60. The van der Waals surface area contributed by atoms with Crippen LogP contribution < -0.4 is 0 Å². The van der Waals surface area contributed by atoms with Gasteiger partial charge in [-0.25, -0.2) is 4.99 Å². The molecule has 0 spiro atoms. The van der Waals surface area contributed by atoms with E-state index in [4.69, 9.17) is 9.98 Å². The van der Waals surface area contributed by atoms with E-state index in [-0.39, 0.29) is 5.91 Å². The molecule has 1 aromatic carbocycles. The van der Waals surface area contributed by atoms with Crippen molar-refractivity contribution in [1.82, 2.24) is 9.88 Å². The van der Waals surface area contributed by atoms with Crippen molar-refractivity contribution in [2.45, 2.75) is 63.8 Å². The molecule has 0 atom stereocenters. The van der Waals surface area contributed by atoms with Gasteiger partial charge in [0.1, 0.15) is 0 Å². The van der Waals surface area contributed by atoms with Gasteiger partial charge in [-0.05, 0) is 44.6 Å². The van der Waals surface area contributed by atoms with E-state index in [9.17, 15) is 4.79 Å². The number of benzene rings is 1. The Morgan fingerprint density at radius 2 is 1.85 bits per heavy atom. The number of aliphatic imine (C=N–C) groups is 1. The van der Waals surface area contributed by atoms with Crippen LogP contribution in [0.1, 0.15) is 56.2 Å². The van der Waals surface area contributed by atoms with E-state index >= 15 is 0 Å². The number of hydrogen-bond acceptors (Lipinski definition) is 4. The second-order valence-corrected chi connectivity index (χ2v) is 8.79. The van der Waals surface area contributed by atoms with Crippen LogP contribution in [0.3, 0.4) is 0 Å². The molecule has 1 aromatic heterocycles. The van der Waals surface area contributed by atoms with Crippen LogP contribution in [0, 0.1) is 0 Å². The highest BCUT2D eigenvalue weighted by Gasteiger charge is 2.35. The molecule has 0 unspecified atom stereocenters. The predicted octanol–water partition coefficient (Wildman–Crippen LogP) is 5.01. The van der Waals surface area contributed by atoms with Crippen LogP contribution in [0.15, 0.2) is 29.3 Å². The summed E-state index contributed by atoms with van der Waals surface area (Å²) < 4.78 is 0. The number of pyridine rings is 1. The van der Waals surface area contributed by atoms with Gasteiger partial charge in [0.25, 0.3) is 0 Å². The molecule has 1 aliphatic heterocycles. The lowest BCUT2D eigenvalue weighted by atomic mass is 9.93. The van der Waals surface area contributed by atoms with Crippen LogP contribution in [-0.2, 0) is 17.6 Å². The number of amidine groups is 1. The van der Waals surface area contributed by atoms with Gasteiger partial charge in [-0.2, -0.15) is 0 Å². The summed E-state index contributed by atoms with van der Waals surface area (Å²) in [6.45, 7) is 0. The first-order valence-corrected chi connectivity index (χ1v) is 11.2. The normalized spacial score (nSPS) is 22.6. The standard InChI is InChI=1S/C22H25N3OS/c26-20-14-27-22(25(20)15-8-2-1-3-9-15)24-21-16-10-4-6-12-18(16)23-19-13-7-5-11-17(19)21/h4,6,10,12,15H,1-3,5,7-9,11,13-14H2. The van der Waals surface area contributed by atoms with Gasteiger partial charge in [0.05, 0.1) is 17.0 Å². The van der Waals surface area contributed by atoms with E-state index in [0.717, 1.165) is 47.4 Å². The largest absolute Gasteiger partial charge is 0.287 e. The minimum absolute atomic E-state index is 0.234. The molecule has 2 aromatic rings.